The SMILES string of the molecule is CC(C)(C)OC(=O)N1CC[C@@H]2C(=O)OC[C@@H]2C1. The maximum absolute atomic E-state index is 11.9. The standard InChI is InChI=1S/C12H19NO4/c1-12(2,3)17-11(15)13-5-4-9-8(6-13)7-16-10(9)14/h8-9H,4-7H2,1-3H3/t8-,9-/m0/s1. The van der Waals surface area contributed by atoms with Crippen LogP contribution in [0.3, 0.4) is 0 Å². The van der Waals surface area contributed by atoms with E-state index in [2.05, 4.69) is 0 Å². The summed E-state index contributed by atoms with van der Waals surface area (Å²) in [7, 11) is 0. The van der Waals surface area contributed by atoms with Gasteiger partial charge in [0, 0.05) is 19.0 Å². The number of nitrogens with zero attached hydrogens (tertiary/aromatic N) is 1. The summed E-state index contributed by atoms with van der Waals surface area (Å²) in [4.78, 5) is 24.9. The van der Waals surface area contributed by atoms with Gasteiger partial charge in [-0.2, -0.15) is 0 Å². The van der Waals surface area contributed by atoms with E-state index in [1.54, 1.807) is 4.90 Å². The Bertz CT molecular complexity index is 334. The lowest BCUT2D eigenvalue weighted by Gasteiger charge is -2.33. The molecule has 2 atom stereocenters. The van der Waals surface area contributed by atoms with Crippen molar-refractivity contribution in [1.82, 2.24) is 4.90 Å². The molecule has 2 heterocycles. The molecule has 0 aromatic carbocycles. The van der Waals surface area contributed by atoms with Crippen LogP contribution >= 0.6 is 0 Å². The van der Waals surface area contributed by atoms with E-state index in [9.17, 15) is 9.59 Å². The van der Waals surface area contributed by atoms with E-state index in [0.29, 0.717) is 26.1 Å². The third kappa shape index (κ3) is 2.70. The lowest BCUT2D eigenvalue weighted by molar-refractivity contribution is -0.141. The van der Waals surface area contributed by atoms with Crippen molar-refractivity contribution in [1.29, 1.82) is 0 Å². The monoisotopic (exact) mass is 241 g/mol. The second kappa shape index (κ2) is 4.20. The smallest absolute Gasteiger partial charge is 0.410 e. The first-order chi connectivity index (χ1) is 7.87. The molecule has 2 rings (SSSR count). The maximum Gasteiger partial charge on any atom is 0.410 e. The van der Waals surface area contributed by atoms with Crippen molar-refractivity contribution in [2.45, 2.75) is 32.8 Å². The number of cyclic esters (lactones) is 1. The molecule has 96 valence electrons. The van der Waals surface area contributed by atoms with Gasteiger partial charge in [-0.25, -0.2) is 4.79 Å². The number of hydrogen-bond donors (Lipinski definition) is 0. The van der Waals surface area contributed by atoms with Crippen LogP contribution in [-0.4, -0.2) is 42.3 Å². The number of piperidine rings is 1. The number of likely N-dealkylation sites (tertiary alicyclic amines) is 1. The fourth-order valence-corrected chi connectivity index (χ4v) is 2.30. The van der Waals surface area contributed by atoms with Gasteiger partial charge in [0.1, 0.15) is 5.60 Å². The van der Waals surface area contributed by atoms with Crippen molar-refractivity contribution in [2.75, 3.05) is 19.7 Å². The number of fused-ring (bicyclic) bond motifs is 1. The topological polar surface area (TPSA) is 55.8 Å². The molecule has 2 aliphatic heterocycles. The number of carbonyl (C=O) groups is 2. The van der Waals surface area contributed by atoms with E-state index in [4.69, 9.17) is 9.47 Å². The molecule has 0 saturated carbocycles. The van der Waals surface area contributed by atoms with Crippen molar-refractivity contribution >= 4 is 12.1 Å². The molecule has 0 unspecified atom stereocenters. The van der Waals surface area contributed by atoms with E-state index in [-0.39, 0.29) is 23.9 Å². The van der Waals surface area contributed by atoms with Gasteiger partial charge in [0.2, 0.25) is 0 Å². The molecule has 0 aromatic heterocycles. The lowest BCUT2D eigenvalue weighted by atomic mass is 9.88. The second-order valence-electron chi connectivity index (χ2n) is 5.71. The normalized spacial score (nSPS) is 28.6. The number of amides is 1. The van der Waals surface area contributed by atoms with E-state index in [1.807, 2.05) is 20.8 Å². The maximum atomic E-state index is 11.9. The molecule has 2 saturated heterocycles. The van der Waals surface area contributed by atoms with Crippen molar-refractivity contribution in [3.8, 4) is 0 Å². The molecule has 0 bridgehead atoms. The van der Waals surface area contributed by atoms with Gasteiger partial charge >= 0.3 is 12.1 Å². The first kappa shape index (κ1) is 12.2. The predicted molar refractivity (Wildman–Crippen MR) is 60.4 cm³/mol. The van der Waals surface area contributed by atoms with Crippen LogP contribution in [0.4, 0.5) is 4.79 Å². The minimum absolute atomic E-state index is 0.0197. The summed E-state index contributed by atoms with van der Waals surface area (Å²) < 4.78 is 10.3. The molecule has 5 nitrogen and oxygen atoms in total. The third-order valence-electron chi connectivity index (χ3n) is 3.13. The Kier molecular flexibility index (Phi) is 3.02. The van der Waals surface area contributed by atoms with Gasteiger partial charge in [0.25, 0.3) is 0 Å². The molecule has 0 spiro atoms. The Labute approximate surface area is 101 Å². The molecule has 0 radical (unpaired) electrons. The Balaban J connectivity index is 1.93. The number of ether oxygens (including phenoxy) is 2. The highest BCUT2D eigenvalue weighted by molar-refractivity contribution is 5.76. The van der Waals surface area contributed by atoms with Crippen LogP contribution in [0.15, 0.2) is 0 Å². The van der Waals surface area contributed by atoms with Crippen LogP contribution in [0.2, 0.25) is 0 Å². The highest BCUT2D eigenvalue weighted by atomic mass is 16.6. The molecule has 5 heteroatoms. The largest absolute Gasteiger partial charge is 0.465 e. The molecule has 0 aliphatic carbocycles. The van der Waals surface area contributed by atoms with Crippen LogP contribution in [0.1, 0.15) is 27.2 Å². The number of esters is 1. The van der Waals surface area contributed by atoms with Crippen LogP contribution in [-0.2, 0) is 14.3 Å². The first-order valence-corrected chi connectivity index (χ1v) is 6.01. The van der Waals surface area contributed by atoms with Gasteiger partial charge in [0.15, 0.2) is 0 Å². The average molecular weight is 241 g/mol. The summed E-state index contributed by atoms with van der Waals surface area (Å²) in [6.07, 6.45) is 0.387. The Morgan fingerprint density at radius 2 is 2.18 bits per heavy atom. The van der Waals surface area contributed by atoms with Crippen molar-refractivity contribution in [3.05, 3.63) is 0 Å². The summed E-state index contributed by atoms with van der Waals surface area (Å²) in [5.41, 5.74) is -0.476. The average Bonchev–Trinajstić information content (AvgIpc) is 2.57. The van der Waals surface area contributed by atoms with Crippen molar-refractivity contribution in [2.24, 2.45) is 11.8 Å². The number of rotatable bonds is 0. The summed E-state index contributed by atoms with van der Waals surface area (Å²) in [5.74, 6) is 0.0105. The summed E-state index contributed by atoms with van der Waals surface area (Å²) in [6.45, 7) is 7.11. The summed E-state index contributed by atoms with van der Waals surface area (Å²) >= 11 is 0. The van der Waals surface area contributed by atoms with Crippen molar-refractivity contribution < 1.29 is 19.1 Å². The fraction of sp³-hybridized carbons (Fsp3) is 0.833. The Morgan fingerprint density at radius 1 is 1.47 bits per heavy atom. The molecule has 0 N–H and O–H groups in total. The van der Waals surface area contributed by atoms with Crippen LogP contribution < -0.4 is 0 Å². The molecule has 1 amide bonds. The zero-order valence-electron chi connectivity index (χ0n) is 10.6. The van der Waals surface area contributed by atoms with Gasteiger partial charge < -0.3 is 14.4 Å². The van der Waals surface area contributed by atoms with E-state index in [0.717, 1.165) is 0 Å². The zero-order valence-corrected chi connectivity index (χ0v) is 10.6. The minimum atomic E-state index is -0.476. The molecule has 2 fully saturated rings. The molecular formula is C12H19NO4. The highest BCUT2D eigenvalue weighted by Gasteiger charge is 2.42. The Morgan fingerprint density at radius 3 is 2.82 bits per heavy atom. The molecule has 17 heavy (non-hydrogen) atoms. The molecule has 2 aliphatic rings. The van der Waals surface area contributed by atoms with Crippen molar-refractivity contribution in [3.63, 3.8) is 0 Å². The van der Waals surface area contributed by atoms with Gasteiger partial charge in [-0.05, 0) is 27.2 Å². The number of carbonyl (C=O) groups excluding carboxylic acids is 2. The summed E-state index contributed by atoms with van der Waals surface area (Å²) in [5, 5.41) is 0. The fourth-order valence-electron chi connectivity index (χ4n) is 2.30. The number of hydrogen-bond acceptors (Lipinski definition) is 4. The Hall–Kier alpha value is -1.26. The van der Waals surface area contributed by atoms with Gasteiger partial charge in [0.05, 0.1) is 12.5 Å². The lowest BCUT2D eigenvalue weighted by Crippen LogP contribution is -2.46. The van der Waals surface area contributed by atoms with Crippen LogP contribution in [0.5, 0.6) is 0 Å². The van der Waals surface area contributed by atoms with Gasteiger partial charge in [-0.3, -0.25) is 4.79 Å². The zero-order chi connectivity index (χ0) is 12.6. The van der Waals surface area contributed by atoms with E-state index < -0.39 is 5.60 Å². The summed E-state index contributed by atoms with van der Waals surface area (Å²) in [6, 6.07) is 0. The minimum Gasteiger partial charge on any atom is -0.465 e. The molecular weight excluding hydrogens is 222 g/mol. The third-order valence-corrected chi connectivity index (χ3v) is 3.13. The molecule has 0 aromatic rings. The van der Waals surface area contributed by atoms with Crippen LogP contribution in [0, 0.1) is 11.8 Å². The van der Waals surface area contributed by atoms with Gasteiger partial charge in [-0.15, -0.1) is 0 Å². The van der Waals surface area contributed by atoms with E-state index in [1.165, 1.54) is 0 Å². The van der Waals surface area contributed by atoms with Gasteiger partial charge in [-0.1, -0.05) is 0 Å². The van der Waals surface area contributed by atoms with Crippen LogP contribution in [0.25, 0.3) is 0 Å². The van der Waals surface area contributed by atoms with E-state index >= 15 is 0 Å². The quantitative estimate of drug-likeness (QED) is 0.602. The second-order valence-corrected chi connectivity index (χ2v) is 5.71. The predicted octanol–water partition coefficient (Wildman–Crippen LogP) is 1.42. The first-order valence-electron chi connectivity index (χ1n) is 6.01. The highest BCUT2D eigenvalue weighted by Crippen LogP contribution is 2.30.